The Morgan fingerprint density at radius 2 is 1.97 bits per heavy atom. The summed E-state index contributed by atoms with van der Waals surface area (Å²) in [5.41, 5.74) is 2.94. The van der Waals surface area contributed by atoms with Gasteiger partial charge in [0.15, 0.2) is 11.5 Å². The van der Waals surface area contributed by atoms with Gasteiger partial charge in [-0.05, 0) is 50.1 Å². The average molecular weight is 397 g/mol. The average Bonchev–Trinajstić information content (AvgIpc) is 3.27. The predicted molar refractivity (Wildman–Crippen MR) is 101 cm³/mol. The van der Waals surface area contributed by atoms with E-state index in [4.69, 9.17) is 0 Å². The van der Waals surface area contributed by atoms with Gasteiger partial charge in [0.05, 0.1) is 11.4 Å². The molecule has 0 spiro atoms. The van der Waals surface area contributed by atoms with Crippen LogP contribution in [-0.4, -0.2) is 35.5 Å². The Hall–Kier alpha value is -3.69. The monoisotopic (exact) mass is 397 g/mol. The van der Waals surface area contributed by atoms with Gasteiger partial charge in [-0.2, -0.15) is 9.61 Å². The van der Waals surface area contributed by atoms with Crippen LogP contribution in [0.2, 0.25) is 0 Å². The highest BCUT2D eigenvalue weighted by atomic mass is 19.1. The molecule has 0 aliphatic heterocycles. The zero-order valence-corrected chi connectivity index (χ0v) is 15.7. The molecule has 1 amide bonds. The predicted octanol–water partition coefficient (Wildman–Crippen LogP) is 2.78. The first-order valence-corrected chi connectivity index (χ1v) is 8.90. The summed E-state index contributed by atoms with van der Waals surface area (Å²) >= 11 is 0. The second kappa shape index (κ2) is 7.38. The van der Waals surface area contributed by atoms with E-state index in [1.165, 1.54) is 6.33 Å². The van der Waals surface area contributed by atoms with Crippen molar-refractivity contribution in [3.05, 3.63) is 65.2 Å². The minimum absolute atomic E-state index is 0.0984. The lowest BCUT2D eigenvalue weighted by Crippen LogP contribution is -2.14. The Kier molecular flexibility index (Phi) is 4.75. The number of hydrogen-bond donors (Lipinski definition) is 1. The van der Waals surface area contributed by atoms with E-state index in [1.54, 1.807) is 21.3 Å². The van der Waals surface area contributed by atoms with Crippen molar-refractivity contribution in [2.24, 2.45) is 0 Å². The first-order chi connectivity index (χ1) is 13.9. The number of benzene rings is 1. The molecule has 0 radical (unpaired) electrons. The molecule has 29 heavy (non-hydrogen) atoms. The number of carbonyl (C=O) groups excluding carboxylic acids is 1. The van der Waals surface area contributed by atoms with Crippen LogP contribution in [0.4, 0.5) is 14.5 Å². The number of carbonyl (C=O) groups is 1. The quantitative estimate of drug-likeness (QED) is 0.559. The third kappa shape index (κ3) is 3.68. The van der Waals surface area contributed by atoms with E-state index >= 15 is 0 Å². The van der Waals surface area contributed by atoms with Crippen molar-refractivity contribution in [1.29, 1.82) is 0 Å². The number of nitrogens with zero attached hydrogens (tertiary/aromatic N) is 6. The van der Waals surface area contributed by atoms with Crippen LogP contribution < -0.4 is 5.32 Å². The molecule has 1 N–H and O–H groups in total. The minimum atomic E-state index is -0.685. The first-order valence-electron chi connectivity index (χ1n) is 8.90. The van der Waals surface area contributed by atoms with E-state index in [0.29, 0.717) is 17.9 Å². The highest BCUT2D eigenvalue weighted by Gasteiger charge is 2.16. The van der Waals surface area contributed by atoms with E-state index in [2.05, 4.69) is 25.7 Å². The molecule has 0 saturated carbocycles. The lowest BCUT2D eigenvalue weighted by Gasteiger charge is -2.07. The number of halogens is 2. The Morgan fingerprint density at radius 1 is 1.14 bits per heavy atom. The van der Waals surface area contributed by atoms with Gasteiger partial charge in [0.2, 0.25) is 5.91 Å². The Balaban J connectivity index is 1.50. The third-order valence-corrected chi connectivity index (χ3v) is 4.61. The van der Waals surface area contributed by atoms with Gasteiger partial charge in [0, 0.05) is 18.2 Å². The summed E-state index contributed by atoms with van der Waals surface area (Å²) in [4.78, 5) is 12.2. The van der Waals surface area contributed by atoms with Crippen molar-refractivity contribution in [1.82, 2.24) is 29.6 Å². The molecular formula is C19H17F2N7O. The maximum atomic E-state index is 13.7. The molecular weight excluding hydrogens is 380 g/mol. The summed E-state index contributed by atoms with van der Waals surface area (Å²) in [6.45, 7) is 3.73. The number of nitrogens with one attached hydrogen (secondary N) is 1. The van der Waals surface area contributed by atoms with E-state index in [9.17, 15) is 13.6 Å². The zero-order valence-electron chi connectivity index (χ0n) is 15.7. The van der Waals surface area contributed by atoms with Crippen molar-refractivity contribution in [3.63, 3.8) is 0 Å². The number of hydrogen-bond acceptors (Lipinski definition) is 5. The van der Waals surface area contributed by atoms with Crippen LogP contribution in [0.25, 0.3) is 11.5 Å². The largest absolute Gasteiger partial charge is 0.324 e. The molecule has 148 valence electrons. The van der Waals surface area contributed by atoms with Crippen molar-refractivity contribution in [2.75, 3.05) is 5.32 Å². The summed E-state index contributed by atoms with van der Waals surface area (Å²) in [6.07, 6.45) is 2.00. The summed E-state index contributed by atoms with van der Waals surface area (Å²) in [6, 6.07) is 6.49. The highest BCUT2D eigenvalue weighted by molar-refractivity contribution is 5.91. The molecule has 3 heterocycles. The Morgan fingerprint density at radius 3 is 2.79 bits per heavy atom. The van der Waals surface area contributed by atoms with Crippen LogP contribution in [0.1, 0.15) is 23.4 Å². The number of amides is 1. The van der Waals surface area contributed by atoms with Crippen molar-refractivity contribution < 1.29 is 13.6 Å². The second-order valence-corrected chi connectivity index (χ2v) is 6.56. The van der Waals surface area contributed by atoms with Gasteiger partial charge in [-0.15, -0.1) is 15.3 Å². The lowest BCUT2D eigenvalue weighted by molar-refractivity contribution is -0.116. The number of anilines is 1. The number of fused-ring (bicyclic) bond motifs is 1. The first kappa shape index (κ1) is 18.7. The van der Waals surface area contributed by atoms with Gasteiger partial charge in [-0.3, -0.25) is 4.79 Å². The van der Waals surface area contributed by atoms with Gasteiger partial charge in [-0.1, -0.05) is 0 Å². The fraction of sp³-hybridized carbons (Fsp3) is 0.211. The molecule has 4 aromatic rings. The number of rotatable bonds is 5. The van der Waals surface area contributed by atoms with Crippen LogP contribution >= 0.6 is 0 Å². The second-order valence-electron chi connectivity index (χ2n) is 6.56. The Bertz CT molecular complexity index is 1210. The standard InChI is InChI=1S/C19H17F2N7O/c1-11-14(4-8-19(29)23-16-9-13(20)3-5-15(16)21)12(2)28(25-11)18-7-6-17-24-22-10-27(17)26-18/h3,5-7,9-10H,4,8H2,1-2H3,(H,23,29). The summed E-state index contributed by atoms with van der Waals surface area (Å²) in [5.74, 6) is -1.12. The molecule has 0 saturated heterocycles. The number of aryl methyl sites for hydroxylation is 1. The van der Waals surface area contributed by atoms with Gasteiger partial charge in [0.1, 0.15) is 18.0 Å². The fourth-order valence-corrected chi connectivity index (χ4v) is 3.14. The van der Waals surface area contributed by atoms with Crippen LogP contribution in [0.3, 0.4) is 0 Å². The van der Waals surface area contributed by atoms with Crippen LogP contribution in [-0.2, 0) is 11.2 Å². The SMILES string of the molecule is Cc1nn(-c2ccc3nncn3n2)c(C)c1CCC(=O)Nc1cc(F)ccc1F. The topological polar surface area (TPSA) is 90.0 Å². The van der Waals surface area contributed by atoms with E-state index in [-0.39, 0.29) is 12.1 Å². The molecule has 4 rings (SSSR count). The van der Waals surface area contributed by atoms with Crippen molar-refractivity contribution in [2.45, 2.75) is 26.7 Å². The molecule has 0 bridgehead atoms. The Labute approximate surface area is 164 Å². The van der Waals surface area contributed by atoms with E-state index in [0.717, 1.165) is 35.2 Å². The summed E-state index contributed by atoms with van der Waals surface area (Å²) < 4.78 is 30.2. The van der Waals surface area contributed by atoms with Gasteiger partial charge in [-0.25, -0.2) is 13.5 Å². The summed E-state index contributed by atoms with van der Waals surface area (Å²) in [7, 11) is 0. The van der Waals surface area contributed by atoms with Gasteiger partial charge >= 0.3 is 0 Å². The molecule has 0 aliphatic carbocycles. The zero-order chi connectivity index (χ0) is 20.5. The molecule has 0 atom stereocenters. The lowest BCUT2D eigenvalue weighted by atomic mass is 10.1. The normalized spacial score (nSPS) is 11.2. The van der Waals surface area contributed by atoms with Crippen LogP contribution in [0.5, 0.6) is 0 Å². The van der Waals surface area contributed by atoms with E-state index < -0.39 is 17.5 Å². The third-order valence-electron chi connectivity index (χ3n) is 4.61. The smallest absolute Gasteiger partial charge is 0.224 e. The summed E-state index contributed by atoms with van der Waals surface area (Å²) in [5, 5.41) is 19.1. The molecule has 0 fully saturated rings. The molecule has 0 unspecified atom stereocenters. The molecule has 0 aliphatic rings. The highest BCUT2D eigenvalue weighted by Crippen LogP contribution is 2.20. The van der Waals surface area contributed by atoms with E-state index in [1.807, 2.05) is 13.8 Å². The van der Waals surface area contributed by atoms with Crippen LogP contribution in [0.15, 0.2) is 36.7 Å². The molecule has 1 aromatic carbocycles. The minimum Gasteiger partial charge on any atom is -0.324 e. The van der Waals surface area contributed by atoms with Gasteiger partial charge < -0.3 is 5.32 Å². The number of aromatic nitrogens is 6. The van der Waals surface area contributed by atoms with Crippen molar-refractivity contribution >= 4 is 17.2 Å². The molecule has 8 nitrogen and oxygen atoms in total. The fourth-order valence-electron chi connectivity index (χ4n) is 3.14. The molecule has 10 heteroatoms. The maximum Gasteiger partial charge on any atom is 0.224 e. The van der Waals surface area contributed by atoms with Crippen molar-refractivity contribution in [3.8, 4) is 5.82 Å². The van der Waals surface area contributed by atoms with Crippen LogP contribution in [0, 0.1) is 25.5 Å². The maximum absolute atomic E-state index is 13.7. The molecule has 3 aromatic heterocycles. The van der Waals surface area contributed by atoms with Gasteiger partial charge in [0.25, 0.3) is 0 Å².